The van der Waals surface area contributed by atoms with Crippen LogP contribution in [0.5, 0.6) is 11.6 Å². The average molecular weight is 515 g/mol. The molecule has 5 aromatic rings. The molecule has 1 aliphatic heterocycles. The van der Waals surface area contributed by atoms with E-state index in [0.29, 0.717) is 35.4 Å². The van der Waals surface area contributed by atoms with Crippen molar-refractivity contribution in [1.29, 1.82) is 0 Å². The molecule has 1 amide bonds. The fourth-order valence-corrected chi connectivity index (χ4v) is 5.75. The van der Waals surface area contributed by atoms with Crippen LogP contribution in [0.2, 0.25) is 0 Å². The van der Waals surface area contributed by atoms with Gasteiger partial charge in [0.2, 0.25) is 11.8 Å². The smallest absolute Gasteiger partial charge is 0.232 e. The van der Waals surface area contributed by atoms with E-state index in [0.717, 1.165) is 32.0 Å². The second-order valence-electron chi connectivity index (χ2n) is 9.04. The van der Waals surface area contributed by atoms with Gasteiger partial charge in [-0.1, -0.05) is 30.3 Å². The molecule has 6 rings (SSSR count). The van der Waals surface area contributed by atoms with E-state index in [1.807, 2.05) is 49.4 Å². The van der Waals surface area contributed by atoms with E-state index in [4.69, 9.17) is 14.5 Å². The summed E-state index contributed by atoms with van der Waals surface area (Å²) in [6, 6.07) is 14.9. The largest absolute Gasteiger partial charge is 0.485 e. The van der Waals surface area contributed by atoms with Crippen molar-refractivity contribution in [3.63, 3.8) is 0 Å². The first kappa shape index (κ1) is 23.3. The van der Waals surface area contributed by atoms with Crippen molar-refractivity contribution >= 4 is 38.5 Å². The number of methoxy groups -OCH3 is 1. The van der Waals surface area contributed by atoms with E-state index in [1.54, 1.807) is 13.3 Å². The fraction of sp³-hybridized carbons (Fsp3) is 0.214. The highest BCUT2D eigenvalue weighted by Crippen LogP contribution is 2.43. The van der Waals surface area contributed by atoms with Gasteiger partial charge in [0.05, 0.1) is 47.5 Å². The van der Waals surface area contributed by atoms with Crippen LogP contribution in [-0.4, -0.2) is 40.6 Å². The molecule has 0 unspecified atom stereocenters. The van der Waals surface area contributed by atoms with Gasteiger partial charge in [-0.15, -0.1) is 11.3 Å². The number of rotatable bonds is 6. The molecule has 0 fully saturated rings. The van der Waals surface area contributed by atoms with Gasteiger partial charge in [0.1, 0.15) is 11.1 Å². The van der Waals surface area contributed by atoms with Gasteiger partial charge in [0.15, 0.2) is 11.6 Å². The molecule has 7 nitrogen and oxygen atoms in total. The van der Waals surface area contributed by atoms with Crippen LogP contribution >= 0.6 is 11.3 Å². The first-order chi connectivity index (χ1) is 18.0. The van der Waals surface area contributed by atoms with Gasteiger partial charge < -0.3 is 14.8 Å². The molecule has 1 atom stereocenters. The second-order valence-corrected chi connectivity index (χ2v) is 10.0. The zero-order chi connectivity index (χ0) is 25.5. The standard InChI is InChI=1S/C28H23FN4O3S/c1-15-8-18(25-21(9-15)32-24(35-2)14-31-25)28-33-22-12-20(29)26-19(27(22)37-28)11-17(36-26)13-30-23(34)10-16-6-4-3-5-7-16/h3-9,12,14,17H,10-11,13H2,1-2H3,(H,30,34)/t17-/m1/s1. The molecular formula is C28H23FN4O3S. The lowest BCUT2D eigenvalue weighted by molar-refractivity contribution is -0.120. The average Bonchev–Trinajstić information content (AvgIpc) is 3.52. The minimum absolute atomic E-state index is 0.0967. The van der Waals surface area contributed by atoms with Gasteiger partial charge in [0.25, 0.3) is 0 Å². The Hall–Kier alpha value is -4.11. The van der Waals surface area contributed by atoms with Gasteiger partial charge in [-0.05, 0) is 30.2 Å². The molecule has 1 aliphatic rings. The summed E-state index contributed by atoms with van der Waals surface area (Å²) in [5.74, 6) is 0.132. The van der Waals surface area contributed by atoms with Gasteiger partial charge in [-0.2, -0.15) is 0 Å². The van der Waals surface area contributed by atoms with Crippen molar-refractivity contribution in [2.75, 3.05) is 13.7 Å². The van der Waals surface area contributed by atoms with Crippen molar-refractivity contribution in [2.24, 2.45) is 0 Å². The van der Waals surface area contributed by atoms with Crippen LogP contribution in [0.1, 0.15) is 16.7 Å². The molecule has 3 heterocycles. The van der Waals surface area contributed by atoms with E-state index < -0.39 is 5.82 Å². The minimum Gasteiger partial charge on any atom is -0.485 e. The lowest BCUT2D eigenvalue weighted by atomic mass is 10.1. The normalized spacial score (nSPS) is 14.5. The Morgan fingerprint density at radius 2 is 2.03 bits per heavy atom. The van der Waals surface area contributed by atoms with Crippen molar-refractivity contribution in [1.82, 2.24) is 20.3 Å². The zero-order valence-corrected chi connectivity index (χ0v) is 21.1. The van der Waals surface area contributed by atoms with Crippen molar-refractivity contribution in [2.45, 2.75) is 25.9 Å². The van der Waals surface area contributed by atoms with Gasteiger partial charge in [-0.3, -0.25) is 4.79 Å². The molecule has 9 heteroatoms. The Bertz CT molecular complexity index is 1650. The summed E-state index contributed by atoms with van der Waals surface area (Å²) in [4.78, 5) is 26.2. The van der Waals surface area contributed by atoms with Crippen molar-refractivity contribution in [3.8, 4) is 22.2 Å². The number of aryl methyl sites for hydroxylation is 1. The first-order valence-electron chi connectivity index (χ1n) is 11.9. The number of benzene rings is 3. The summed E-state index contributed by atoms with van der Waals surface area (Å²) in [6.45, 7) is 2.28. The number of carbonyl (C=O) groups excluding carboxylic acids is 1. The van der Waals surface area contributed by atoms with Crippen LogP contribution in [0.4, 0.5) is 4.39 Å². The predicted octanol–water partition coefficient (Wildman–Crippen LogP) is 5.03. The van der Waals surface area contributed by atoms with Crippen molar-refractivity contribution in [3.05, 3.63) is 77.2 Å². The molecule has 37 heavy (non-hydrogen) atoms. The van der Waals surface area contributed by atoms with Gasteiger partial charge in [0, 0.05) is 23.6 Å². The number of hydrogen-bond donors (Lipinski definition) is 1. The summed E-state index contributed by atoms with van der Waals surface area (Å²) < 4.78 is 27.0. The number of nitrogens with one attached hydrogen (secondary N) is 1. The number of carbonyl (C=O) groups is 1. The number of fused-ring (bicyclic) bond motifs is 4. The molecule has 186 valence electrons. The Morgan fingerprint density at radius 1 is 1.19 bits per heavy atom. The Balaban J connectivity index is 1.27. The van der Waals surface area contributed by atoms with Crippen LogP contribution in [0.3, 0.4) is 0 Å². The van der Waals surface area contributed by atoms with Crippen LogP contribution < -0.4 is 14.8 Å². The van der Waals surface area contributed by atoms with E-state index in [-0.39, 0.29) is 24.2 Å². The highest BCUT2D eigenvalue weighted by molar-refractivity contribution is 7.22. The maximum Gasteiger partial charge on any atom is 0.232 e. The quantitative estimate of drug-likeness (QED) is 0.342. The van der Waals surface area contributed by atoms with E-state index in [9.17, 15) is 4.79 Å². The lowest BCUT2D eigenvalue weighted by Gasteiger charge is -2.12. The van der Waals surface area contributed by atoms with Crippen LogP contribution in [-0.2, 0) is 17.6 Å². The maximum atomic E-state index is 15.0. The van der Waals surface area contributed by atoms with E-state index in [2.05, 4.69) is 15.3 Å². The molecule has 0 saturated heterocycles. The first-order valence-corrected chi connectivity index (χ1v) is 12.7. The molecular weight excluding hydrogens is 491 g/mol. The number of nitrogens with zero attached hydrogens (tertiary/aromatic N) is 3. The summed E-state index contributed by atoms with van der Waals surface area (Å²) >= 11 is 1.48. The molecule has 0 spiro atoms. The van der Waals surface area contributed by atoms with Gasteiger partial charge in [-0.25, -0.2) is 19.3 Å². The molecule has 0 radical (unpaired) electrons. The maximum absolute atomic E-state index is 15.0. The van der Waals surface area contributed by atoms with E-state index >= 15 is 4.39 Å². The lowest BCUT2D eigenvalue weighted by Crippen LogP contribution is -2.35. The fourth-order valence-electron chi connectivity index (χ4n) is 4.64. The van der Waals surface area contributed by atoms with Crippen molar-refractivity contribution < 1.29 is 18.7 Å². The third-order valence-corrected chi connectivity index (χ3v) is 7.51. The number of amides is 1. The molecule has 0 aliphatic carbocycles. The SMILES string of the molecule is COc1cnc2c(-c3nc4cc(F)c5c(c4s3)C[C@H](CNC(=O)Cc3ccccc3)O5)cc(C)cc2n1. The third kappa shape index (κ3) is 4.46. The zero-order valence-electron chi connectivity index (χ0n) is 20.2. The van der Waals surface area contributed by atoms with Crippen LogP contribution in [0.25, 0.3) is 31.8 Å². The molecule has 0 saturated carbocycles. The Labute approximate surface area is 216 Å². The summed E-state index contributed by atoms with van der Waals surface area (Å²) in [5.41, 5.74) is 5.56. The third-order valence-electron chi connectivity index (χ3n) is 6.34. The number of halogens is 1. The Morgan fingerprint density at radius 3 is 2.84 bits per heavy atom. The number of ether oxygens (including phenoxy) is 2. The number of thiazole rings is 1. The van der Waals surface area contributed by atoms with Crippen LogP contribution in [0.15, 0.2) is 54.7 Å². The summed E-state index contributed by atoms with van der Waals surface area (Å²) in [6.07, 6.45) is 2.01. The highest BCUT2D eigenvalue weighted by atomic mass is 32.1. The molecule has 1 N–H and O–H groups in total. The number of aromatic nitrogens is 3. The Kier molecular flexibility index (Phi) is 5.92. The summed E-state index contributed by atoms with van der Waals surface area (Å²) in [7, 11) is 1.55. The molecule has 0 bridgehead atoms. The predicted molar refractivity (Wildman–Crippen MR) is 141 cm³/mol. The summed E-state index contributed by atoms with van der Waals surface area (Å²) in [5, 5.41) is 3.65. The van der Waals surface area contributed by atoms with Gasteiger partial charge >= 0.3 is 0 Å². The highest BCUT2D eigenvalue weighted by Gasteiger charge is 2.30. The van der Waals surface area contributed by atoms with E-state index in [1.165, 1.54) is 17.4 Å². The number of hydrogen-bond acceptors (Lipinski definition) is 7. The minimum atomic E-state index is -0.448. The topological polar surface area (TPSA) is 86.2 Å². The monoisotopic (exact) mass is 514 g/mol. The molecule has 3 aromatic carbocycles. The van der Waals surface area contributed by atoms with Crippen LogP contribution in [0, 0.1) is 12.7 Å². The second kappa shape index (κ2) is 9.40. The molecule has 2 aromatic heterocycles.